The third-order valence-corrected chi connectivity index (χ3v) is 7.47. The summed E-state index contributed by atoms with van der Waals surface area (Å²) in [6.45, 7) is 7.19. The van der Waals surface area contributed by atoms with Crippen molar-refractivity contribution in [3.05, 3.63) is 59.2 Å². The third-order valence-electron chi connectivity index (χ3n) is 5.59. The molecular weight excluding hydrogens is 426 g/mol. The van der Waals surface area contributed by atoms with Gasteiger partial charge in [-0.2, -0.15) is 4.31 Å². The van der Waals surface area contributed by atoms with Crippen molar-refractivity contribution >= 4 is 16.0 Å². The zero-order valence-corrected chi connectivity index (χ0v) is 20.4. The third kappa shape index (κ3) is 5.70. The lowest BCUT2D eigenvalue weighted by Crippen LogP contribution is -2.31. The van der Waals surface area contributed by atoms with E-state index in [0.717, 1.165) is 42.4 Å². The standard InChI is InChI=1S/C25H33NO5S/c1-18-13-15-19(16-14-18)32(28,29)26(5)22-11-7-6-9-21-20(22)10-8-12-23(21)30-17-24(27)31-25(2,3)4/h8,10,12-16,22H,6-7,9,11,17H2,1-5H3. The predicted molar refractivity (Wildman–Crippen MR) is 124 cm³/mol. The van der Waals surface area contributed by atoms with Gasteiger partial charge >= 0.3 is 5.97 Å². The van der Waals surface area contributed by atoms with Crippen LogP contribution < -0.4 is 4.74 Å². The molecule has 174 valence electrons. The second-order valence-corrected chi connectivity index (χ2v) is 11.3. The SMILES string of the molecule is Cc1ccc(S(=O)(=O)N(C)C2CCCCc3c(OCC(=O)OC(C)(C)C)cccc32)cc1. The molecule has 0 spiro atoms. The van der Waals surface area contributed by atoms with Gasteiger partial charge in [-0.1, -0.05) is 36.2 Å². The fourth-order valence-corrected chi connectivity index (χ4v) is 5.39. The molecule has 0 aromatic heterocycles. The van der Waals surface area contributed by atoms with Crippen molar-refractivity contribution in [2.45, 2.75) is 69.9 Å². The van der Waals surface area contributed by atoms with Crippen LogP contribution in [0.2, 0.25) is 0 Å². The van der Waals surface area contributed by atoms with E-state index in [2.05, 4.69) is 0 Å². The number of carbonyl (C=O) groups excluding carboxylic acids is 1. The number of nitrogens with zero attached hydrogens (tertiary/aromatic N) is 1. The molecule has 0 N–H and O–H groups in total. The number of hydrogen-bond acceptors (Lipinski definition) is 5. The Balaban J connectivity index is 1.88. The Bertz CT molecular complexity index is 1050. The fraction of sp³-hybridized carbons (Fsp3) is 0.480. The van der Waals surface area contributed by atoms with Gasteiger partial charge in [0.15, 0.2) is 6.61 Å². The van der Waals surface area contributed by atoms with Crippen molar-refractivity contribution in [2.75, 3.05) is 13.7 Å². The second-order valence-electron chi connectivity index (χ2n) is 9.29. The number of fused-ring (bicyclic) bond motifs is 1. The smallest absolute Gasteiger partial charge is 0.344 e. The lowest BCUT2D eigenvalue weighted by molar-refractivity contribution is -0.157. The van der Waals surface area contributed by atoms with Gasteiger partial charge in [-0.15, -0.1) is 0 Å². The zero-order chi connectivity index (χ0) is 23.5. The fourth-order valence-electron chi connectivity index (χ4n) is 4.02. The number of sulfonamides is 1. The number of aryl methyl sites for hydroxylation is 1. The van der Waals surface area contributed by atoms with E-state index < -0.39 is 21.6 Å². The van der Waals surface area contributed by atoms with Crippen LogP contribution in [-0.4, -0.2) is 37.9 Å². The van der Waals surface area contributed by atoms with Crippen molar-refractivity contribution in [3.63, 3.8) is 0 Å². The van der Waals surface area contributed by atoms with Gasteiger partial charge in [0, 0.05) is 7.05 Å². The highest BCUT2D eigenvalue weighted by Crippen LogP contribution is 2.39. The summed E-state index contributed by atoms with van der Waals surface area (Å²) >= 11 is 0. The summed E-state index contributed by atoms with van der Waals surface area (Å²) in [5.74, 6) is 0.181. The second kappa shape index (κ2) is 9.63. The van der Waals surface area contributed by atoms with Gasteiger partial charge in [-0.3, -0.25) is 0 Å². The number of benzene rings is 2. The van der Waals surface area contributed by atoms with Crippen molar-refractivity contribution in [1.29, 1.82) is 0 Å². The minimum Gasteiger partial charge on any atom is -0.482 e. The summed E-state index contributed by atoms with van der Waals surface area (Å²) in [7, 11) is -2.01. The zero-order valence-electron chi connectivity index (χ0n) is 19.6. The van der Waals surface area contributed by atoms with Gasteiger partial charge in [-0.25, -0.2) is 13.2 Å². The molecule has 0 saturated heterocycles. The summed E-state index contributed by atoms with van der Waals surface area (Å²) in [5, 5.41) is 0. The molecule has 0 radical (unpaired) electrons. The largest absolute Gasteiger partial charge is 0.482 e. The Kier molecular flexibility index (Phi) is 7.30. The van der Waals surface area contributed by atoms with E-state index in [1.54, 1.807) is 19.2 Å². The average molecular weight is 460 g/mol. The number of ether oxygens (including phenoxy) is 2. The minimum atomic E-state index is -3.65. The highest BCUT2D eigenvalue weighted by Gasteiger charge is 2.32. The van der Waals surface area contributed by atoms with Crippen LogP contribution in [0.5, 0.6) is 5.75 Å². The first kappa shape index (κ1) is 24.3. The first-order valence-corrected chi connectivity index (χ1v) is 12.4. The van der Waals surface area contributed by atoms with E-state index in [1.165, 1.54) is 4.31 Å². The highest BCUT2D eigenvalue weighted by atomic mass is 32.2. The molecule has 0 amide bonds. The Morgan fingerprint density at radius 3 is 2.44 bits per heavy atom. The Morgan fingerprint density at radius 1 is 1.09 bits per heavy atom. The van der Waals surface area contributed by atoms with Crippen LogP contribution in [0.25, 0.3) is 0 Å². The topological polar surface area (TPSA) is 72.9 Å². The average Bonchev–Trinajstić information content (AvgIpc) is 2.93. The Hall–Kier alpha value is -2.38. The molecule has 0 aliphatic heterocycles. The van der Waals surface area contributed by atoms with Gasteiger partial charge in [0.1, 0.15) is 11.4 Å². The number of rotatable bonds is 6. The van der Waals surface area contributed by atoms with Gasteiger partial charge in [0.2, 0.25) is 10.0 Å². The van der Waals surface area contributed by atoms with Crippen molar-refractivity contribution in [2.24, 2.45) is 0 Å². The molecule has 0 heterocycles. The molecule has 32 heavy (non-hydrogen) atoms. The normalized spacial score (nSPS) is 16.9. The van der Waals surface area contributed by atoms with Gasteiger partial charge in [0.05, 0.1) is 10.9 Å². The van der Waals surface area contributed by atoms with E-state index in [0.29, 0.717) is 5.75 Å². The predicted octanol–water partition coefficient (Wildman–Crippen LogP) is 4.80. The van der Waals surface area contributed by atoms with Crippen molar-refractivity contribution in [1.82, 2.24) is 4.31 Å². The monoisotopic (exact) mass is 459 g/mol. The van der Waals surface area contributed by atoms with E-state index in [4.69, 9.17) is 9.47 Å². The van der Waals surface area contributed by atoms with Gasteiger partial charge in [0.25, 0.3) is 0 Å². The maximum absolute atomic E-state index is 13.3. The molecule has 0 fully saturated rings. The van der Waals surface area contributed by atoms with Crippen LogP contribution in [0.15, 0.2) is 47.4 Å². The molecule has 3 rings (SSSR count). The summed E-state index contributed by atoms with van der Waals surface area (Å²) in [4.78, 5) is 12.4. The molecule has 1 atom stereocenters. The Labute approximate surface area is 191 Å². The van der Waals surface area contributed by atoms with E-state index in [-0.39, 0.29) is 17.5 Å². The van der Waals surface area contributed by atoms with Crippen LogP contribution in [0.1, 0.15) is 62.8 Å². The maximum atomic E-state index is 13.3. The molecular formula is C25H33NO5S. The summed E-state index contributed by atoms with van der Waals surface area (Å²) in [5.41, 5.74) is 2.33. The molecule has 1 aliphatic carbocycles. The van der Waals surface area contributed by atoms with Crippen molar-refractivity contribution < 1.29 is 22.7 Å². The van der Waals surface area contributed by atoms with Crippen LogP contribution in [0.3, 0.4) is 0 Å². The lowest BCUT2D eigenvalue weighted by atomic mass is 9.98. The number of esters is 1. The van der Waals surface area contributed by atoms with E-state index in [1.807, 2.05) is 58.0 Å². The van der Waals surface area contributed by atoms with Crippen LogP contribution in [0.4, 0.5) is 0 Å². The quantitative estimate of drug-likeness (QED) is 0.458. The molecule has 2 aromatic rings. The molecule has 0 bridgehead atoms. The summed E-state index contributed by atoms with van der Waals surface area (Å²) in [6.07, 6.45) is 3.33. The minimum absolute atomic E-state index is 0.185. The van der Waals surface area contributed by atoms with E-state index in [9.17, 15) is 13.2 Å². The maximum Gasteiger partial charge on any atom is 0.344 e. The molecule has 1 unspecified atom stereocenters. The van der Waals surface area contributed by atoms with E-state index >= 15 is 0 Å². The van der Waals surface area contributed by atoms with Crippen LogP contribution >= 0.6 is 0 Å². The highest BCUT2D eigenvalue weighted by molar-refractivity contribution is 7.89. The molecule has 0 saturated carbocycles. The summed E-state index contributed by atoms with van der Waals surface area (Å²) in [6, 6.07) is 12.3. The van der Waals surface area contributed by atoms with Crippen molar-refractivity contribution in [3.8, 4) is 5.75 Å². The number of carbonyl (C=O) groups is 1. The molecule has 6 nitrogen and oxygen atoms in total. The lowest BCUT2D eigenvalue weighted by Gasteiger charge is -2.29. The number of hydrogen-bond donors (Lipinski definition) is 0. The molecule has 1 aliphatic rings. The molecule has 7 heteroatoms. The first-order valence-electron chi connectivity index (χ1n) is 11.0. The molecule has 2 aromatic carbocycles. The van der Waals surface area contributed by atoms with Gasteiger partial charge < -0.3 is 9.47 Å². The van der Waals surface area contributed by atoms with Crippen LogP contribution in [-0.2, 0) is 26.0 Å². The van der Waals surface area contributed by atoms with Gasteiger partial charge in [-0.05, 0) is 76.3 Å². The van der Waals surface area contributed by atoms with Crippen LogP contribution in [0, 0.1) is 6.92 Å². The summed E-state index contributed by atoms with van der Waals surface area (Å²) < 4.78 is 39.3. The first-order chi connectivity index (χ1) is 15.0. The Morgan fingerprint density at radius 2 is 1.78 bits per heavy atom.